The molecule has 1 heterocycles. The number of rotatable bonds is 4. The molecule has 0 saturated carbocycles. The van der Waals surface area contributed by atoms with Crippen LogP contribution in [0.15, 0.2) is 47.1 Å². The molecule has 0 aliphatic carbocycles. The number of ether oxygens (including phenoxy) is 1. The third kappa shape index (κ3) is 3.02. The van der Waals surface area contributed by atoms with Crippen molar-refractivity contribution in [1.82, 2.24) is 0 Å². The van der Waals surface area contributed by atoms with Crippen LogP contribution in [0.5, 0.6) is 5.75 Å². The minimum Gasteiger partial charge on any atom is -0.489 e. The number of nitrogens with two attached hydrogens (primary N) is 1. The van der Waals surface area contributed by atoms with E-state index in [9.17, 15) is 0 Å². The van der Waals surface area contributed by atoms with Crippen LogP contribution in [0.1, 0.15) is 18.7 Å². The van der Waals surface area contributed by atoms with Crippen LogP contribution in [0.25, 0.3) is 0 Å². The number of benzene rings is 1. The highest BCUT2D eigenvalue weighted by atomic mass is 35.5. The molecule has 0 fully saturated rings. The van der Waals surface area contributed by atoms with Crippen molar-refractivity contribution < 1.29 is 9.15 Å². The Hall–Kier alpha value is -1.45. The zero-order valence-electron chi connectivity index (χ0n) is 9.47. The molecule has 17 heavy (non-hydrogen) atoms. The first-order valence-electron chi connectivity index (χ1n) is 5.38. The average molecular weight is 252 g/mol. The van der Waals surface area contributed by atoms with E-state index in [2.05, 4.69) is 0 Å². The highest BCUT2D eigenvalue weighted by Crippen LogP contribution is 2.22. The maximum absolute atomic E-state index is 6.02. The molecule has 90 valence electrons. The van der Waals surface area contributed by atoms with Gasteiger partial charge in [-0.05, 0) is 37.3 Å². The Morgan fingerprint density at radius 2 is 2.12 bits per heavy atom. The molecule has 3 nitrogen and oxygen atoms in total. The molecule has 2 atom stereocenters. The second kappa shape index (κ2) is 5.25. The van der Waals surface area contributed by atoms with Crippen LogP contribution in [0.3, 0.4) is 0 Å². The molecule has 1 aromatic carbocycles. The first kappa shape index (κ1) is 12.0. The summed E-state index contributed by atoms with van der Waals surface area (Å²) in [5.41, 5.74) is 6.02. The maximum atomic E-state index is 6.02. The van der Waals surface area contributed by atoms with Crippen LogP contribution in [0.4, 0.5) is 0 Å². The molecule has 0 radical (unpaired) electrons. The molecule has 0 bridgehead atoms. The van der Waals surface area contributed by atoms with E-state index in [4.69, 9.17) is 26.5 Å². The van der Waals surface area contributed by atoms with E-state index in [0.29, 0.717) is 16.5 Å². The fraction of sp³-hybridized carbons (Fsp3) is 0.231. The van der Waals surface area contributed by atoms with Gasteiger partial charge >= 0.3 is 0 Å². The largest absolute Gasteiger partial charge is 0.489 e. The first-order valence-corrected chi connectivity index (χ1v) is 5.76. The van der Waals surface area contributed by atoms with Crippen molar-refractivity contribution in [3.63, 3.8) is 0 Å². The number of hydrogen-bond acceptors (Lipinski definition) is 3. The molecule has 1 aromatic heterocycles. The SMILES string of the molecule is CC(Oc1cccc(Cl)c1)C(N)c1ccco1. The van der Waals surface area contributed by atoms with Gasteiger partial charge < -0.3 is 14.9 Å². The lowest BCUT2D eigenvalue weighted by atomic mass is 10.1. The molecule has 0 aliphatic rings. The fourth-order valence-corrected chi connectivity index (χ4v) is 1.72. The maximum Gasteiger partial charge on any atom is 0.124 e. The molecule has 4 heteroatoms. The normalized spacial score (nSPS) is 14.3. The standard InChI is InChI=1S/C13H14ClNO2/c1-9(13(15)12-6-3-7-16-12)17-11-5-2-4-10(14)8-11/h2-9,13H,15H2,1H3. The van der Waals surface area contributed by atoms with Crippen LogP contribution in [-0.2, 0) is 0 Å². The van der Waals surface area contributed by atoms with E-state index < -0.39 is 0 Å². The van der Waals surface area contributed by atoms with Crippen molar-refractivity contribution in [3.8, 4) is 5.75 Å². The van der Waals surface area contributed by atoms with Crippen molar-refractivity contribution in [2.75, 3.05) is 0 Å². The molecule has 2 unspecified atom stereocenters. The third-order valence-corrected chi connectivity index (χ3v) is 2.73. The summed E-state index contributed by atoms with van der Waals surface area (Å²) in [7, 11) is 0. The van der Waals surface area contributed by atoms with Crippen molar-refractivity contribution in [2.24, 2.45) is 5.73 Å². The number of furan rings is 1. The van der Waals surface area contributed by atoms with Gasteiger partial charge in [0.25, 0.3) is 0 Å². The van der Waals surface area contributed by atoms with Gasteiger partial charge in [-0.15, -0.1) is 0 Å². The first-order chi connectivity index (χ1) is 8.16. The van der Waals surface area contributed by atoms with Crippen molar-refractivity contribution in [1.29, 1.82) is 0 Å². The summed E-state index contributed by atoms with van der Waals surface area (Å²) in [6, 6.07) is 10.6. The van der Waals surface area contributed by atoms with E-state index in [0.717, 1.165) is 0 Å². The highest BCUT2D eigenvalue weighted by molar-refractivity contribution is 6.30. The summed E-state index contributed by atoms with van der Waals surface area (Å²) < 4.78 is 11.0. The molecule has 2 N–H and O–H groups in total. The van der Waals surface area contributed by atoms with Crippen LogP contribution in [0, 0.1) is 0 Å². The number of halogens is 1. The Bertz CT molecular complexity index is 470. The van der Waals surface area contributed by atoms with Crippen molar-refractivity contribution >= 4 is 11.6 Å². The fourth-order valence-electron chi connectivity index (χ4n) is 1.54. The van der Waals surface area contributed by atoms with Gasteiger partial charge in [0.05, 0.1) is 6.26 Å². The quantitative estimate of drug-likeness (QED) is 0.906. The minimum atomic E-state index is -0.302. The van der Waals surface area contributed by atoms with Gasteiger partial charge in [0.15, 0.2) is 0 Å². The van der Waals surface area contributed by atoms with E-state index in [1.54, 1.807) is 24.5 Å². The van der Waals surface area contributed by atoms with Crippen molar-refractivity contribution in [2.45, 2.75) is 19.1 Å². The minimum absolute atomic E-state index is 0.195. The Morgan fingerprint density at radius 3 is 2.76 bits per heavy atom. The van der Waals surface area contributed by atoms with Crippen molar-refractivity contribution in [3.05, 3.63) is 53.4 Å². The second-order valence-corrected chi connectivity index (χ2v) is 4.26. The Labute approximate surface area is 105 Å². The molecular weight excluding hydrogens is 238 g/mol. The lowest BCUT2D eigenvalue weighted by Gasteiger charge is -2.19. The zero-order chi connectivity index (χ0) is 12.3. The Kier molecular flexibility index (Phi) is 3.71. The zero-order valence-corrected chi connectivity index (χ0v) is 10.2. The van der Waals surface area contributed by atoms with Crippen LogP contribution in [-0.4, -0.2) is 6.10 Å². The highest BCUT2D eigenvalue weighted by Gasteiger charge is 2.18. The molecule has 0 aliphatic heterocycles. The summed E-state index contributed by atoms with van der Waals surface area (Å²) in [6.07, 6.45) is 1.40. The number of hydrogen-bond donors (Lipinski definition) is 1. The van der Waals surface area contributed by atoms with Crippen LogP contribution < -0.4 is 10.5 Å². The molecule has 2 rings (SSSR count). The van der Waals surface area contributed by atoms with Gasteiger partial charge in [0.1, 0.15) is 23.7 Å². The monoisotopic (exact) mass is 251 g/mol. The third-order valence-electron chi connectivity index (χ3n) is 2.50. The lowest BCUT2D eigenvalue weighted by Crippen LogP contribution is -2.28. The van der Waals surface area contributed by atoms with Gasteiger partial charge in [0, 0.05) is 5.02 Å². The topological polar surface area (TPSA) is 48.4 Å². The van der Waals surface area contributed by atoms with Gasteiger partial charge in [0.2, 0.25) is 0 Å². The second-order valence-electron chi connectivity index (χ2n) is 3.82. The van der Waals surface area contributed by atoms with Crippen LogP contribution >= 0.6 is 11.6 Å². The molecular formula is C13H14ClNO2. The Morgan fingerprint density at radius 1 is 1.29 bits per heavy atom. The summed E-state index contributed by atoms with van der Waals surface area (Å²) in [6.45, 7) is 1.90. The lowest BCUT2D eigenvalue weighted by molar-refractivity contribution is 0.178. The van der Waals surface area contributed by atoms with E-state index in [1.807, 2.05) is 25.1 Å². The predicted molar refractivity (Wildman–Crippen MR) is 67.2 cm³/mol. The molecule has 0 saturated heterocycles. The van der Waals surface area contributed by atoms with E-state index in [-0.39, 0.29) is 12.1 Å². The van der Waals surface area contributed by atoms with Gasteiger partial charge in [-0.1, -0.05) is 17.7 Å². The van der Waals surface area contributed by atoms with Crippen LogP contribution in [0.2, 0.25) is 5.02 Å². The van der Waals surface area contributed by atoms with Gasteiger partial charge in [-0.25, -0.2) is 0 Å². The van der Waals surface area contributed by atoms with E-state index in [1.165, 1.54) is 0 Å². The molecule has 0 spiro atoms. The molecule has 0 amide bonds. The van der Waals surface area contributed by atoms with Gasteiger partial charge in [-0.3, -0.25) is 0 Å². The predicted octanol–water partition coefficient (Wildman–Crippen LogP) is 3.40. The summed E-state index contributed by atoms with van der Waals surface area (Å²) in [4.78, 5) is 0. The smallest absolute Gasteiger partial charge is 0.124 e. The Balaban J connectivity index is 2.04. The summed E-state index contributed by atoms with van der Waals surface area (Å²) in [5, 5.41) is 0.640. The van der Waals surface area contributed by atoms with E-state index >= 15 is 0 Å². The van der Waals surface area contributed by atoms with Gasteiger partial charge in [-0.2, -0.15) is 0 Å². The average Bonchev–Trinajstić information content (AvgIpc) is 2.81. The summed E-state index contributed by atoms with van der Waals surface area (Å²) >= 11 is 5.88. The summed E-state index contributed by atoms with van der Waals surface area (Å²) in [5.74, 6) is 1.41. The molecule has 2 aromatic rings.